The Morgan fingerprint density at radius 3 is 2.41 bits per heavy atom. The van der Waals surface area contributed by atoms with Gasteiger partial charge in [-0.2, -0.15) is 0 Å². The van der Waals surface area contributed by atoms with Gasteiger partial charge in [-0.15, -0.1) is 0 Å². The molecular formula is C18H28NO3. The number of esters is 1. The molecule has 2 N–H and O–H groups in total. The van der Waals surface area contributed by atoms with Crippen LogP contribution in [0.2, 0.25) is 0 Å². The maximum Gasteiger partial charge on any atom is 0.311 e. The van der Waals surface area contributed by atoms with Crippen molar-refractivity contribution in [2.75, 3.05) is 6.54 Å². The van der Waals surface area contributed by atoms with Crippen molar-refractivity contribution in [1.29, 1.82) is 0 Å². The molecule has 0 heterocycles. The van der Waals surface area contributed by atoms with Crippen LogP contribution in [0.15, 0.2) is 18.2 Å². The minimum Gasteiger partial charge on any atom is -0.508 e. The molecule has 1 aromatic rings. The molecule has 1 rings (SSSR count). The quantitative estimate of drug-likeness (QED) is 0.818. The summed E-state index contributed by atoms with van der Waals surface area (Å²) in [4.78, 5) is 11.8. The van der Waals surface area contributed by atoms with E-state index in [1.165, 1.54) is 0 Å². The molecule has 0 bridgehead atoms. The summed E-state index contributed by atoms with van der Waals surface area (Å²) in [6.07, 6.45) is 2.04. The summed E-state index contributed by atoms with van der Waals surface area (Å²) in [5, 5.41) is 13.3. The second kappa shape index (κ2) is 7.14. The molecule has 0 aliphatic heterocycles. The number of hydrogen-bond acceptors (Lipinski definition) is 4. The number of carbonyl (C=O) groups excluding carboxylic acids is 1. The van der Waals surface area contributed by atoms with E-state index in [1.54, 1.807) is 26.8 Å². The Morgan fingerprint density at radius 1 is 1.23 bits per heavy atom. The summed E-state index contributed by atoms with van der Waals surface area (Å²) in [5.74, 6) is -0.140. The zero-order valence-electron chi connectivity index (χ0n) is 14.5. The lowest BCUT2D eigenvalue weighted by Gasteiger charge is -2.20. The van der Waals surface area contributed by atoms with Crippen LogP contribution in [0.3, 0.4) is 0 Å². The Bertz CT molecular complexity index is 510. The molecule has 0 aliphatic rings. The third-order valence-corrected chi connectivity index (χ3v) is 3.04. The first-order valence-electron chi connectivity index (χ1n) is 7.56. The SMILES string of the molecule is CC(C)(C)NC[CH]c1ccc(O)c(COC(=O)C(C)(C)C)c1. The predicted octanol–water partition coefficient (Wildman–Crippen LogP) is 3.42. The minimum absolute atomic E-state index is 0.0541. The molecule has 0 aromatic heterocycles. The highest BCUT2D eigenvalue weighted by atomic mass is 16.5. The molecule has 4 nitrogen and oxygen atoms in total. The van der Waals surface area contributed by atoms with Crippen LogP contribution in [0, 0.1) is 11.8 Å². The maximum atomic E-state index is 11.8. The zero-order chi connectivity index (χ0) is 17.0. The normalized spacial score (nSPS) is 12.3. The highest BCUT2D eigenvalue weighted by Gasteiger charge is 2.23. The number of hydrogen-bond donors (Lipinski definition) is 2. The van der Waals surface area contributed by atoms with E-state index in [2.05, 4.69) is 26.1 Å². The fourth-order valence-electron chi connectivity index (χ4n) is 1.68. The van der Waals surface area contributed by atoms with Crippen LogP contribution in [0.1, 0.15) is 52.7 Å². The van der Waals surface area contributed by atoms with Crippen molar-refractivity contribution in [2.24, 2.45) is 5.41 Å². The number of phenolic OH excluding ortho intramolecular Hbond substituents is 1. The number of aromatic hydroxyl groups is 1. The molecule has 0 fully saturated rings. The molecule has 0 atom stereocenters. The molecule has 1 radical (unpaired) electrons. The third-order valence-electron chi connectivity index (χ3n) is 3.04. The number of benzene rings is 1. The van der Waals surface area contributed by atoms with E-state index in [0.717, 1.165) is 12.1 Å². The van der Waals surface area contributed by atoms with Crippen LogP contribution >= 0.6 is 0 Å². The van der Waals surface area contributed by atoms with Crippen molar-refractivity contribution >= 4 is 5.97 Å². The lowest BCUT2D eigenvalue weighted by molar-refractivity contribution is -0.154. The van der Waals surface area contributed by atoms with Crippen molar-refractivity contribution in [3.05, 3.63) is 35.7 Å². The van der Waals surface area contributed by atoms with Gasteiger partial charge in [-0.3, -0.25) is 4.79 Å². The molecule has 123 valence electrons. The number of nitrogens with one attached hydrogen (secondary N) is 1. The van der Waals surface area contributed by atoms with E-state index in [0.29, 0.717) is 5.56 Å². The standard InChI is InChI=1S/C18H28NO3/c1-17(2,3)16(21)22-12-14-11-13(7-8-15(14)20)9-10-19-18(4,5)6/h7-9,11,19-20H,10,12H2,1-6H3. The Hall–Kier alpha value is -1.55. The zero-order valence-corrected chi connectivity index (χ0v) is 14.5. The molecule has 22 heavy (non-hydrogen) atoms. The smallest absolute Gasteiger partial charge is 0.311 e. The van der Waals surface area contributed by atoms with E-state index in [1.807, 2.05) is 18.6 Å². The van der Waals surface area contributed by atoms with Gasteiger partial charge in [0.2, 0.25) is 0 Å². The Morgan fingerprint density at radius 2 is 1.86 bits per heavy atom. The van der Waals surface area contributed by atoms with Crippen molar-refractivity contribution in [1.82, 2.24) is 5.32 Å². The first kappa shape index (κ1) is 18.5. The first-order chi connectivity index (χ1) is 9.99. The fraction of sp³-hybridized carbons (Fsp3) is 0.556. The lowest BCUT2D eigenvalue weighted by Crippen LogP contribution is -2.36. The molecule has 0 saturated carbocycles. The van der Waals surface area contributed by atoms with Crippen molar-refractivity contribution < 1.29 is 14.6 Å². The molecule has 0 unspecified atom stereocenters. The van der Waals surface area contributed by atoms with Gasteiger partial charge in [0.25, 0.3) is 0 Å². The molecule has 0 saturated heterocycles. The van der Waals surface area contributed by atoms with E-state index >= 15 is 0 Å². The second-order valence-corrected chi connectivity index (χ2v) is 7.55. The topological polar surface area (TPSA) is 58.6 Å². The van der Waals surface area contributed by atoms with Crippen molar-refractivity contribution in [3.63, 3.8) is 0 Å². The van der Waals surface area contributed by atoms with Gasteiger partial charge >= 0.3 is 5.97 Å². The van der Waals surface area contributed by atoms with Gasteiger partial charge < -0.3 is 15.2 Å². The van der Waals surface area contributed by atoms with Gasteiger partial charge in [0.1, 0.15) is 12.4 Å². The molecule has 1 aromatic carbocycles. The summed E-state index contributed by atoms with van der Waals surface area (Å²) in [5.41, 5.74) is 1.10. The number of rotatable bonds is 5. The van der Waals surface area contributed by atoms with Gasteiger partial charge in [-0.1, -0.05) is 6.07 Å². The van der Waals surface area contributed by atoms with E-state index in [-0.39, 0.29) is 23.9 Å². The van der Waals surface area contributed by atoms with E-state index in [4.69, 9.17) is 4.74 Å². The molecule has 4 heteroatoms. The fourth-order valence-corrected chi connectivity index (χ4v) is 1.68. The van der Waals surface area contributed by atoms with Gasteiger partial charge in [0.05, 0.1) is 5.41 Å². The minimum atomic E-state index is -0.546. The second-order valence-electron chi connectivity index (χ2n) is 7.55. The summed E-state index contributed by atoms with van der Waals surface area (Å²) in [7, 11) is 0. The van der Waals surface area contributed by atoms with Crippen LogP contribution in [-0.4, -0.2) is 23.2 Å². The lowest BCUT2D eigenvalue weighted by atomic mass is 9.97. The predicted molar refractivity (Wildman–Crippen MR) is 88.5 cm³/mol. The number of carbonyl (C=O) groups is 1. The van der Waals surface area contributed by atoms with Gasteiger partial charge in [0, 0.05) is 24.1 Å². The van der Waals surface area contributed by atoms with Crippen LogP contribution in [0.25, 0.3) is 0 Å². The molecule has 0 aliphatic carbocycles. The average Bonchev–Trinajstić information content (AvgIpc) is 2.36. The van der Waals surface area contributed by atoms with Crippen molar-refractivity contribution in [2.45, 2.75) is 53.7 Å². The number of phenols is 1. The molecule has 0 amide bonds. The van der Waals surface area contributed by atoms with E-state index in [9.17, 15) is 9.90 Å². The molecular weight excluding hydrogens is 278 g/mol. The third kappa shape index (κ3) is 6.48. The average molecular weight is 306 g/mol. The Labute approximate surface area is 133 Å². The molecule has 0 spiro atoms. The number of ether oxygens (including phenoxy) is 1. The van der Waals surface area contributed by atoms with E-state index < -0.39 is 5.41 Å². The van der Waals surface area contributed by atoms with Gasteiger partial charge in [0.15, 0.2) is 0 Å². The summed E-state index contributed by atoms with van der Waals surface area (Å²) >= 11 is 0. The monoisotopic (exact) mass is 306 g/mol. The van der Waals surface area contributed by atoms with Crippen molar-refractivity contribution in [3.8, 4) is 5.75 Å². The maximum absolute atomic E-state index is 11.8. The Balaban J connectivity index is 2.64. The Kier molecular flexibility index (Phi) is 6.00. The highest BCUT2D eigenvalue weighted by Crippen LogP contribution is 2.22. The summed E-state index contributed by atoms with van der Waals surface area (Å²) in [6.45, 7) is 12.5. The summed E-state index contributed by atoms with van der Waals surface area (Å²) < 4.78 is 5.26. The van der Waals surface area contributed by atoms with Gasteiger partial charge in [-0.05, 0) is 59.2 Å². The largest absolute Gasteiger partial charge is 0.508 e. The highest BCUT2D eigenvalue weighted by molar-refractivity contribution is 5.75. The van der Waals surface area contributed by atoms with Crippen LogP contribution in [0.4, 0.5) is 0 Å². The van der Waals surface area contributed by atoms with Crippen LogP contribution in [-0.2, 0) is 16.1 Å². The van der Waals surface area contributed by atoms with Gasteiger partial charge in [-0.25, -0.2) is 0 Å². The van der Waals surface area contributed by atoms with Crippen LogP contribution in [0.5, 0.6) is 5.75 Å². The summed E-state index contributed by atoms with van der Waals surface area (Å²) in [6, 6.07) is 5.31. The first-order valence-corrected chi connectivity index (χ1v) is 7.56. The van der Waals surface area contributed by atoms with Crippen LogP contribution < -0.4 is 5.32 Å².